The van der Waals surface area contributed by atoms with Crippen LogP contribution in [-0.4, -0.2) is 63.7 Å². The van der Waals surface area contributed by atoms with E-state index in [4.69, 9.17) is 14.2 Å². The van der Waals surface area contributed by atoms with Crippen LogP contribution in [0.2, 0.25) is 0 Å². The van der Waals surface area contributed by atoms with Crippen LogP contribution in [0.15, 0.2) is 42.5 Å². The predicted octanol–water partition coefficient (Wildman–Crippen LogP) is 3.16. The molecule has 0 atom stereocenters. The van der Waals surface area contributed by atoms with Crippen LogP contribution in [0.1, 0.15) is 39.1 Å². The maximum atomic E-state index is 12.6. The van der Waals surface area contributed by atoms with E-state index < -0.39 is 11.9 Å². The SMILES string of the molecule is COC(=O)c1cc(NC(=O)CN2CCC(Cc3ccc(OC)cc3)CC2)cc(C(=O)OC)c1. The molecule has 1 fully saturated rings. The molecule has 3 rings (SSSR count). The lowest BCUT2D eigenvalue weighted by molar-refractivity contribution is -0.117. The predicted molar refractivity (Wildman–Crippen MR) is 124 cm³/mol. The van der Waals surface area contributed by atoms with E-state index >= 15 is 0 Å². The molecule has 1 heterocycles. The molecule has 1 saturated heterocycles. The standard InChI is InChI=1S/C25H30N2O6/c1-31-22-6-4-17(5-7-22)12-18-8-10-27(11-9-18)16-23(28)26-21-14-19(24(29)32-2)13-20(15-21)25(30)33-3/h4-7,13-15,18H,8-12,16H2,1-3H3,(H,26,28). The van der Waals surface area contributed by atoms with Crippen LogP contribution in [0.5, 0.6) is 5.75 Å². The van der Waals surface area contributed by atoms with E-state index in [2.05, 4.69) is 22.3 Å². The van der Waals surface area contributed by atoms with Crippen molar-refractivity contribution in [2.24, 2.45) is 5.92 Å². The molecular formula is C25H30N2O6. The van der Waals surface area contributed by atoms with E-state index in [1.165, 1.54) is 38.0 Å². The number of likely N-dealkylation sites (tertiary alicyclic amines) is 1. The monoisotopic (exact) mass is 454 g/mol. The summed E-state index contributed by atoms with van der Waals surface area (Å²) in [5.41, 5.74) is 1.96. The van der Waals surface area contributed by atoms with Gasteiger partial charge in [0.1, 0.15) is 5.75 Å². The van der Waals surface area contributed by atoms with Gasteiger partial charge in [-0.3, -0.25) is 9.69 Å². The minimum absolute atomic E-state index is 0.162. The first kappa shape index (κ1) is 24.3. The maximum absolute atomic E-state index is 12.6. The summed E-state index contributed by atoms with van der Waals surface area (Å²) in [6, 6.07) is 12.5. The zero-order chi connectivity index (χ0) is 23.8. The average molecular weight is 455 g/mol. The van der Waals surface area contributed by atoms with Crippen LogP contribution in [0.3, 0.4) is 0 Å². The van der Waals surface area contributed by atoms with E-state index in [9.17, 15) is 14.4 Å². The summed E-state index contributed by atoms with van der Waals surface area (Å²) in [5, 5.41) is 2.78. The Morgan fingerprint density at radius 1 is 0.909 bits per heavy atom. The molecule has 0 spiro atoms. The Morgan fingerprint density at radius 3 is 2.00 bits per heavy atom. The molecule has 8 heteroatoms. The number of amides is 1. The Balaban J connectivity index is 1.53. The molecule has 1 aliphatic heterocycles. The van der Waals surface area contributed by atoms with Gasteiger partial charge in [0.25, 0.3) is 0 Å². The van der Waals surface area contributed by atoms with Gasteiger partial charge < -0.3 is 19.5 Å². The normalized spacial score (nSPS) is 14.4. The van der Waals surface area contributed by atoms with Crippen molar-refractivity contribution in [1.29, 1.82) is 0 Å². The molecule has 0 aliphatic carbocycles. The third kappa shape index (κ3) is 6.79. The van der Waals surface area contributed by atoms with Gasteiger partial charge in [0.05, 0.1) is 39.0 Å². The van der Waals surface area contributed by atoms with Gasteiger partial charge in [-0.05, 0) is 74.2 Å². The molecule has 0 aromatic heterocycles. The maximum Gasteiger partial charge on any atom is 0.337 e. The molecule has 0 saturated carbocycles. The molecule has 1 aliphatic rings. The van der Waals surface area contributed by atoms with Crippen molar-refractivity contribution >= 4 is 23.5 Å². The highest BCUT2D eigenvalue weighted by Crippen LogP contribution is 2.23. The number of hydrogen-bond acceptors (Lipinski definition) is 7. The van der Waals surface area contributed by atoms with Crippen LogP contribution in [-0.2, 0) is 20.7 Å². The number of piperidine rings is 1. The Bertz CT molecular complexity index is 947. The van der Waals surface area contributed by atoms with Crippen LogP contribution >= 0.6 is 0 Å². The minimum Gasteiger partial charge on any atom is -0.497 e. The highest BCUT2D eigenvalue weighted by Gasteiger charge is 2.22. The van der Waals surface area contributed by atoms with Crippen LogP contribution in [0.25, 0.3) is 0 Å². The Kier molecular flexibility index (Phi) is 8.43. The molecule has 0 bridgehead atoms. The van der Waals surface area contributed by atoms with Gasteiger partial charge >= 0.3 is 11.9 Å². The fourth-order valence-electron chi connectivity index (χ4n) is 4.02. The first-order valence-corrected chi connectivity index (χ1v) is 10.9. The van der Waals surface area contributed by atoms with Gasteiger partial charge in [-0.2, -0.15) is 0 Å². The van der Waals surface area contributed by atoms with Gasteiger partial charge in [-0.15, -0.1) is 0 Å². The fraction of sp³-hybridized carbons (Fsp3) is 0.400. The number of nitrogens with zero attached hydrogens (tertiary/aromatic N) is 1. The number of carbonyl (C=O) groups is 3. The second-order valence-electron chi connectivity index (χ2n) is 8.10. The molecule has 8 nitrogen and oxygen atoms in total. The quantitative estimate of drug-likeness (QED) is 0.613. The van der Waals surface area contributed by atoms with Gasteiger partial charge in [-0.1, -0.05) is 12.1 Å². The third-order valence-electron chi connectivity index (χ3n) is 5.82. The van der Waals surface area contributed by atoms with Gasteiger partial charge in [0.15, 0.2) is 0 Å². The van der Waals surface area contributed by atoms with Crippen molar-refractivity contribution in [3.05, 3.63) is 59.2 Å². The smallest absolute Gasteiger partial charge is 0.337 e. The first-order chi connectivity index (χ1) is 15.9. The number of ether oxygens (including phenoxy) is 3. The van der Waals surface area contributed by atoms with Gasteiger partial charge in [0, 0.05) is 5.69 Å². The zero-order valence-electron chi connectivity index (χ0n) is 19.3. The van der Waals surface area contributed by atoms with E-state index in [0.717, 1.165) is 38.1 Å². The largest absolute Gasteiger partial charge is 0.497 e. The van der Waals surface area contributed by atoms with E-state index in [0.29, 0.717) is 11.6 Å². The molecule has 1 N–H and O–H groups in total. The van der Waals surface area contributed by atoms with Gasteiger partial charge in [0.2, 0.25) is 5.91 Å². The summed E-state index contributed by atoms with van der Waals surface area (Å²) in [4.78, 5) is 38.6. The molecule has 176 valence electrons. The lowest BCUT2D eigenvalue weighted by Crippen LogP contribution is -2.39. The van der Waals surface area contributed by atoms with Crippen LogP contribution in [0.4, 0.5) is 5.69 Å². The van der Waals surface area contributed by atoms with Crippen molar-refractivity contribution in [3.8, 4) is 5.75 Å². The minimum atomic E-state index is -0.602. The van der Waals surface area contributed by atoms with Gasteiger partial charge in [-0.25, -0.2) is 9.59 Å². The summed E-state index contributed by atoms with van der Waals surface area (Å²) in [6.07, 6.45) is 3.05. The summed E-state index contributed by atoms with van der Waals surface area (Å²) in [5.74, 6) is 0.0271. The summed E-state index contributed by atoms with van der Waals surface area (Å²) in [6.45, 7) is 1.92. The highest BCUT2D eigenvalue weighted by atomic mass is 16.5. The lowest BCUT2D eigenvalue weighted by atomic mass is 9.90. The number of anilines is 1. The second kappa shape index (κ2) is 11.5. The van der Waals surface area contributed by atoms with Crippen molar-refractivity contribution in [2.75, 3.05) is 46.3 Å². The third-order valence-corrected chi connectivity index (χ3v) is 5.82. The van der Waals surface area contributed by atoms with Crippen molar-refractivity contribution in [2.45, 2.75) is 19.3 Å². The molecule has 33 heavy (non-hydrogen) atoms. The van der Waals surface area contributed by atoms with E-state index in [1.807, 2.05) is 12.1 Å². The number of esters is 2. The molecule has 2 aromatic rings. The van der Waals surface area contributed by atoms with Crippen molar-refractivity contribution in [1.82, 2.24) is 4.90 Å². The number of methoxy groups -OCH3 is 3. The van der Waals surface area contributed by atoms with E-state index in [-0.39, 0.29) is 23.6 Å². The summed E-state index contributed by atoms with van der Waals surface area (Å²) >= 11 is 0. The number of benzene rings is 2. The Labute approximate surface area is 193 Å². The lowest BCUT2D eigenvalue weighted by Gasteiger charge is -2.31. The van der Waals surface area contributed by atoms with Crippen LogP contribution < -0.4 is 10.1 Å². The number of rotatable bonds is 8. The molecule has 2 aromatic carbocycles. The molecule has 1 amide bonds. The molecule has 0 radical (unpaired) electrons. The highest BCUT2D eigenvalue weighted by molar-refractivity contribution is 5.99. The van der Waals surface area contributed by atoms with Crippen molar-refractivity contribution < 1.29 is 28.6 Å². The Hall–Kier alpha value is -3.39. The number of carbonyl (C=O) groups excluding carboxylic acids is 3. The number of nitrogens with one attached hydrogen (secondary N) is 1. The molecule has 0 unspecified atom stereocenters. The Morgan fingerprint density at radius 2 is 1.48 bits per heavy atom. The summed E-state index contributed by atoms with van der Waals surface area (Å²) < 4.78 is 14.7. The fourth-order valence-corrected chi connectivity index (χ4v) is 4.02. The average Bonchev–Trinajstić information content (AvgIpc) is 2.84. The van der Waals surface area contributed by atoms with E-state index in [1.54, 1.807) is 7.11 Å². The molecular weight excluding hydrogens is 424 g/mol. The topological polar surface area (TPSA) is 94.2 Å². The number of hydrogen-bond donors (Lipinski definition) is 1. The zero-order valence-corrected chi connectivity index (χ0v) is 19.3. The second-order valence-corrected chi connectivity index (χ2v) is 8.10. The van der Waals surface area contributed by atoms with Crippen molar-refractivity contribution in [3.63, 3.8) is 0 Å². The first-order valence-electron chi connectivity index (χ1n) is 10.9. The van der Waals surface area contributed by atoms with Crippen LogP contribution in [0, 0.1) is 5.92 Å². The summed E-state index contributed by atoms with van der Waals surface area (Å²) in [7, 11) is 4.17.